The van der Waals surface area contributed by atoms with Crippen LogP contribution in [0.2, 0.25) is 0 Å². The van der Waals surface area contributed by atoms with Gasteiger partial charge in [-0.3, -0.25) is 4.79 Å². The number of carbonyl (C=O) groups excluding carboxylic acids is 1. The van der Waals surface area contributed by atoms with E-state index in [1.807, 2.05) is 0 Å². The van der Waals surface area contributed by atoms with Gasteiger partial charge in [-0.2, -0.15) is 0 Å². The third-order valence-electron chi connectivity index (χ3n) is 3.94. The molecule has 0 aromatic rings. The number of carbonyl (C=O) groups is 2. The second-order valence-corrected chi connectivity index (χ2v) is 5.81. The summed E-state index contributed by atoms with van der Waals surface area (Å²) in [5, 5.41) is 9.10. The van der Waals surface area contributed by atoms with Gasteiger partial charge < -0.3 is 10.0 Å². The standard InChI is InChI=1S/C13H17BrFNO3/c14-6-2-1-3-11(17)16-7-10(9-4-5-9)13(15,8-16)12(18)19/h2,6,9-10H,1,3-5,7-8H2,(H,18,19)/b6-2+. The predicted molar refractivity (Wildman–Crippen MR) is 71.6 cm³/mol. The third kappa shape index (κ3) is 2.99. The van der Waals surface area contributed by atoms with Crippen LogP contribution in [0, 0.1) is 11.8 Å². The van der Waals surface area contributed by atoms with Crippen molar-refractivity contribution in [2.75, 3.05) is 13.1 Å². The number of likely N-dealkylation sites (tertiary alicyclic amines) is 1. The lowest BCUT2D eigenvalue weighted by Crippen LogP contribution is -2.43. The predicted octanol–water partition coefficient (Wildman–Crippen LogP) is 2.34. The molecular formula is C13H17BrFNO3. The van der Waals surface area contributed by atoms with Gasteiger partial charge in [-0.25, -0.2) is 9.18 Å². The van der Waals surface area contributed by atoms with Crippen LogP contribution < -0.4 is 0 Å². The molecule has 0 aromatic carbocycles. The number of hydrogen-bond acceptors (Lipinski definition) is 2. The first-order chi connectivity index (χ1) is 8.99. The maximum Gasteiger partial charge on any atom is 0.343 e. The second kappa shape index (κ2) is 5.61. The number of hydrogen-bond donors (Lipinski definition) is 1. The van der Waals surface area contributed by atoms with Gasteiger partial charge >= 0.3 is 5.97 Å². The summed E-state index contributed by atoms with van der Waals surface area (Å²) in [5.41, 5.74) is -2.26. The molecule has 0 aromatic heterocycles. The Labute approximate surface area is 119 Å². The van der Waals surface area contributed by atoms with Crippen molar-refractivity contribution in [3.05, 3.63) is 11.1 Å². The van der Waals surface area contributed by atoms with Crippen LogP contribution in [0.25, 0.3) is 0 Å². The van der Waals surface area contributed by atoms with Gasteiger partial charge in [0.25, 0.3) is 0 Å². The van der Waals surface area contributed by atoms with Crippen molar-refractivity contribution in [2.45, 2.75) is 31.4 Å². The van der Waals surface area contributed by atoms with Crippen LogP contribution in [0.3, 0.4) is 0 Å². The maximum absolute atomic E-state index is 14.6. The van der Waals surface area contributed by atoms with Crippen LogP contribution in [0.15, 0.2) is 11.1 Å². The van der Waals surface area contributed by atoms with Gasteiger partial charge in [-0.15, -0.1) is 0 Å². The molecule has 6 heteroatoms. The molecule has 1 heterocycles. The minimum atomic E-state index is -2.26. The fourth-order valence-electron chi connectivity index (χ4n) is 2.71. The Morgan fingerprint density at radius 2 is 2.16 bits per heavy atom. The molecule has 1 amide bonds. The van der Waals surface area contributed by atoms with E-state index in [0.29, 0.717) is 6.42 Å². The zero-order chi connectivity index (χ0) is 14.0. The quantitative estimate of drug-likeness (QED) is 0.840. The molecule has 0 radical (unpaired) electrons. The normalized spacial score (nSPS) is 31.1. The van der Waals surface area contributed by atoms with E-state index in [1.54, 1.807) is 11.1 Å². The molecule has 19 heavy (non-hydrogen) atoms. The molecule has 1 saturated heterocycles. The van der Waals surface area contributed by atoms with Crippen LogP contribution in [-0.2, 0) is 9.59 Å². The number of allylic oxidation sites excluding steroid dienone is 1. The summed E-state index contributed by atoms with van der Waals surface area (Å²) in [6.45, 7) is -0.0648. The van der Waals surface area contributed by atoms with Crippen molar-refractivity contribution in [3.8, 4) is 0 Å². The maximum atomic E-state index is 14.6. The van der Waals surface area contributed by atoms with Crippen LogP contribution >= 0.6 is 15.9 Å². The fourth-order valence-corrected chi connectivity index (χ4v) is 2.97. The Morgan fingerprint density at radius 3 is 2.68 bits per heavy atom. The van der Waals surface area contributed by atoms with Crippen molar-refractivity contribution >= 4 is 27.8 Å². The van der Waals surface area contributed by atoms with Crippen LogP contribution in [0.4, 0.5) is 4.39 Å². The van der Waals surface area contributed by atoms with E-state index in [2.05, 4.69) is 15.9 Å². The molecule has 1 N–H and O–H groups in total. The number of rotatable bonds is 5. The third-order valence-corrected chi connectivity index (χ3v) is 4.31. The van der Waals surface area contributed by atoms with Gasteiger partial charge in [0.1, 0.15) is 0 Å². The highest BCUT2D eigenvalue weighted by atomic mass is 79.9. The summed E-state index contributed by atoms with van der Waals surface area (Å²) in [6.07, 6.45) is 4.40. The van der Waals surface area contributed by atoms with Crippen LogP contribution in [-0.4, -0.2) is 40.6 Å². The van der Waals surface area contributed by atoms with Gasteiger partial charge in [0.05, 0.1) is 6.54 Å². The van der Waals surface area contributed by atoms with Crippen molar-refractivity contribution in [1.29, 1.82) is 0 Å². The highest BCUT2D eigenvalue weighted by Crippen LogP contribution is 2.47. The molecule has 4 nitrogen and oxygen atoms in total. The van der Waals surface area contributed by atoms with E-state index < -0.39 is 17.6 Å². The second-order valence-electron chi connectivity index (χ2n) is 5.29. The Balaban J connectivity index is 2.01. The molecule has 0 spiro atoms. The van der Waals surface area contributed by atoms with Gasteiger partial charge in [0, 0.05) is 18.9 Å². The topological polar surface area (TPSA) is 57.6 Å². The molecule has 1 aliphatic heterocycles. The summed E-state index contributed by atoms with van der Waals surface area (Å²) in [7, 11) is 0. The number of alkyl halides is 1. The number of amides is 1. The number of carboxylic acid groups (broad SMARTS) is 1. The van der Waals surface area contributed by atoms with E-state index >= 15 is 0 Å². The van der Waals surface area contributed by atoms with Crippen molar-refractivity contribution in [2.24, 2.45) is 11.8 Å². The summed E-state index contributed by atoms with van der Waals surface area (Å²) in [6, 6.07) is 0. The average Bonchev–Trinajstić information content (AvgIpc) is 3.13. The molecule has 1 saturated carbocycles. The minimum Gasteiger partial charge on any atom is -0.479 e. The Hall–Kier alpha value is -0.910. The fraction of sp³-hybridized carbons (Fsp3) is 0.692. The monoisotopic (exact) mass is 333 g/mol. The summed E-state index contributed by atoms with van der Waals surface area (Å²) >= 11 is 3.11. The molecule has 106 valence electrons. The van der Waals surface area contributed by atoms with E-state index in [1.165, 1.54) is 4.90 Å². The van der Waals surface area contributed by atoms with Gasteiger partial charge in [0.15, 0.2) is 0 Å². The smallest absolute Gasteiger partial charge is 0.343 e. The lowest BCUT2D eigenvalue weighted by molar-refractivity contribution is -0.153. The number of halogens is 2. The Kier molecular flexibility index (Phi) is 4.28. The van der Waals surface area contributed by atoms with Gasteiger partial charge in [-0.1, -0.05) is 22.0 Å². The van der Waals surface area contributed by atoms with Crippen molar-refractivity contribution < 1.29 is 19.1 Å². The van der Waals surface area contributed by atoms with Crippen molar-refractivity contribution in [1.82, 2.24) is 4.90 Å². The molecular weight excluding hydrogens is 317 g/mol. The summed E-state index contributed by atoms with van der Waals surface area (Å²) in [4.78, 5) is 26.1. The van der Waals surface area contributed by atoms with E-state index in [4.69, 9.17) is 5.11 Å². The minimum absolute atomic E-state index is 0.126. The Morgan fingerprint density at radius 1 is 1.47 bits per heavy atom. The van der Waals surface area contributed by atoms with Crippen LogP contribution in [0.1, 0.15) is 25.7 Å². The first kappa shape index (κ1) is 14.5. The number of nitrogens with zero attached hydrogens (tertiary/aromatic N) is 1. The van der Waals surface area contributed by atoms with Gasteiger partial charge in [0.2, 0.25) is 11.6 Å². The number of aliphatic carboxylic acids is 1. The van der Waals surface area contributed by atoms with E-state index in [9.17, 15) is 14.0 Å². The lowest BCUT2D eigenvalue weighted by atomic mass is 9.89. The average molecular weight is 334 g/mol. The molecule has 2 fully saturated rings. The van der Waals surface area contributed by atoms with Crippen LogP contribution in [0.5, 0.6) is 0 Å². The van der Waals surface area contributed by atoms with Gasteiger partial charge in [-0.05, 0) is 30.2 Å². The Bertz CT molecular complexity index is 411. The SMILES string of the molecule is O=C(CC/C=C/Br)N1CC(C2CC2)C(F)(C(=O)O)C1. The van der Waals surface area contributed by atoms with Crippen molar-refractivity contribution in [3.63, 3.8) is 0 Å². The zero-order valence-corrected chi connectivity index (χ0v) is 12.1. The molecule has 2 aliphatic rings. The first-order valence-electron chi connectivity index (χ1n) is 6.44. The zero-order valence-electron chi connectivity index (χ0n) is 10.5. The first-order valence-corrected chi connectivity index (χ1v) is 7.36. The largest absolute Gasteiger partial charge is 0.479 e. The van der Waals surface area contributed by atoms with E-state index in [0.717, 1.165) is 12.8 Å². The molecule has 2 unspecified atom stereocenters. The lowest BCUT2D eigenvalue weighted by Gasteiger charge is -2.20. The summed E-state index contributed by atoms with van der Waals surface area (Å²) < 4.78 is 14.6. The molecule has 2 atom stereocenters. The molecule has 2 rings (SSSR count). The summed E-state index contributed by atoms with van der Waals surface area (Å²) in [5.74, 6) is -2.01. The number of carboxylic acids is 1. The molecule has 0 bridgehead atoms. The molecule has 1 aliphatic carbocycles. The highest BCUT2D eigenvalue weighted by Gasteiger charge is 2.58. The van der Waals surface area contributed by atoms with E-state index in [-0.39, 0.29) is 31.3 Å². The highest BCUT2D eigenvalue weighted by molar-refractivity contribution is 9.11.